The van der Waals surface area contributed by atoms with E-state index in [0.717, 1.165) is 15.6 Å². The topological polar surface area (TPSA) is 35.2 Å². The maximum absolute atomic E-state index is 13.5. The highest BCUT2D eigenvalue weighted by atomic mass is 79.9. The Hall–Kier alpha value is -1.67. The van der Waals surface area contributed by atoms with E-state index in [1.807, 2.05) is 24.3 Å². The molecule has 2 aromatic carbocycles. The average Bonchev–Trinajstić information content (AvgIpc) is 2.49. The second kappa shape index (κ2) is 7.94. The van der Waals surface area contributed by atoms with Crippen molar-refractivity contribution in [2.45, 2.75) is 13.2 Å². The lowest BCUT2D eigenvalue weighted by atomic mass is 10.1. The number of hydrogen-bond donors (Lipinski definition) is 1. The minimum Gasteiger partial charge on any atom is -0.372 e. The van der Waals surface area contributed by atoms with Crippen LogP contribution in [0.1, 0.15) is 16.7 Å². The minimum atomic E-state index is -0.342. The van der Waals surface area contributed by atoms with E-state index in [1.165, 1.54) is 6.07 Å². The van der Waals surface area contributed by atoms with E-state index in [1.54, 1.807) is 12.1 Å². The van der Waals surface area contributed by atoms with Gasteiger partial charge in [-0.3, -0.25) is 0 Å². The number of hydrogen-bond acceptors (Lipinski definition) is 2. The van der Waals surface area contributed by atoms with Gasteiger partial charge in [0.1, 0.15) is 5.82 Å². The van der Waals surface area contributed by atoms with Gasteiger partial charge in [-0.1, -0.05) is 52.0 Å². The summed E-state index contributed by atoms with van der Waals surface area (Å²) in [5.74, 6) is 5.03. The molecule has 0 aromatic heterocycles. The molecule has 2 aromatic rings. The average molecular weight is 348 g/mol. The standard InChI is InChI=1S/C17H15BrFNO/c18-16-6-2-1-4-15(16)12-21-11-13-7-8-17(19)14(10-13)5-3-9-20/h1-2,4,6-8,10H,9,11-12,20H2. The van der Waals surface area contributed by atoms with Crippen molar-refractivity contribution in [2.75, 3.05) is 6.54 Å². The Morgan fingerprint density at radius 1 is 1.14 bits per heavy atom. The largest absolute Gasteiger partial charge is 0.372 e. The molecule has 0 fully saturated rings. The smallest absolute Gasteiger partial charge is 0.138 e. The lowest BCUT2D eigenvalue weighted by Crippen LogP contribution is -1.97. The van der Waals surface area contributed by atoms with Gasteiger partial charge >= 0.3 is 0 Å². The molecule has 0 unspecified atom stereocenters. The molecule has 2 nitrogen and oxygen atoms in total. The van der Waals surface area contributed by atoms with Gasteiger partial charge < -0.3 is 10.5 Å². The number of halogens is 2. The van der Waals surface area contributed by atoms with E-state index < -0.39 is 0 Å². The summed E-state index contributed by atoms with van der Waals surface area (Å²) in [6.07, 6.45) is 0. The summed E-state index contributed by atoms with van der Waals surface area (Å²) >= 11 is 3.47. The molecule has 0 spiro atoms. The van der Waals surface area contributed by atoms with Crippen molar-refractivity contribution in [1.82, 2.24) is 0 Å². The quantitative estimate of drug-likeness (QED) is 0.857. The van der Waals surface area contributed by atoms with Gasteiger partial charge in [-0.15, -0.1) is 0 Å². The molecule has 0 aliphatic rings. The van der Waals surface area contributed by atoms with Crippen LogP contribution in [-0.4, -0.2) is 6.54 Å². The van der Waals surface area contributed by atoms with Crippen molar-refractivity contribution >= 4 is 15.9 Å². The highest BCUT2D eigenvalue weighted by Crippen LogP contribution is 2.17. The van der Waals surface area contributed by atoms with Crippen LogP contribution >= 0.6 is 15.9 Å². The Bertz CT molecular complexity index is 676. The molecule has 0 aliphatic carbocycles. The molecule has 0 bridgehead atoms. The van der Waals surface area contributed by atoms with Crippen LogP contribution in [-0.2, 0) is 18.0 Å². The van der Waals surface area contributed by atoms with E-state index in [2.05, 4.69) is 27.8 Å². The van der Waals surface area contributed by atoms with Crippen LogP contribution in [0.3, 0.4) is 0 Å². The zero-order valence-corrected chi connectivity index (χ0v) is 13.0. The second-order valence-corrected chi connectivity index (χ2v) is 5.26. The van der Waals surface area contributed by atoms with Gasteiger partial charge in [0.25, 0.3) is 0 Å². The fraction of sp³-hybridized carbons (Fsp3) is 0.176. The Labute approximate surface area is 132 Å². The molecule has 0 amide bonds. The van der Waals surface area contributed by atoms with Crippen LogP contribution in [0, 0.1) is 17.7 Å². The van der Waals surface area contributed by atoms with Gasteiger partial charge in [0.05, 0.1) is 25.3 Å². The lowest BCUT2D eigenvalue weighted by Gasteiger charge is -2.07. The zero-order chi connectivity index (χ0) is 15.1. The van der Waals surface area contributed by atoms with Crippen LogP contribution in [0.5, 0.6) is 0 Å². The van der Waals surface area contributed by atoms with Gasteiger partial charge in [-0.05, 0) is 29.3 Å². The molecule has 0 heterocycles. The Morgan fingerprint density at radius 2 is 1.95 bits per heavy atom. The lowest BCUT2D eigenvalue weighted by molar-refractivity contribution is 0.106. The molecule has 2 rings (SSSR count). The summed E-state index contributed by atoms with van der Waals surface area (Å²) in [6, 6.07) is 12.7. The van der Waals surface area contributed by atoms with Gasteiger partial charge in [0.2, 0.25) is 0 Å². The Kier molecular flexibility index (Phi) is 5.94. The van der Waals surface area contributed by atoms with Gasteiger partial charge in [-0.2, -0.15) is 0 Å². The summed E-state index contributed by atoms with van der Waals surface area (Å²) < 4.78 is 20.2. The van der Waals surface area contributed by atoms with Crippen molar-refractivity contribution in [2.24, 2.45) is 5.73 Å². The summed E-state index contributed by atoms with van der Waals surface area (Å²) in [5.41, 5.74) is 7.60. The molecule has 0 saturated carbocycles. The third-order valence-corrected chi connectivity index (χ3v) is 3.61. The SMILES string of the molecule is NCC#Cc1cc(COCc2ccccc2Br)ccc1F. The monoisotopic (exact) mass is 347 g/mol. The maximum atomic E-state index is 13.5. The van der Waals surface area contributed by atoms with Gasteiger partial charge in [0.15, 0.2) is 0 Å². The number of nitrogens with two attached hydrogens (primary N) is 1. The molecular formula is C17H15BrFNO. The van der Waals surface area contributed by atoms with Gasteiger partial charge in [0, 0.05) is 4.47 Å². The molecule has 0 radical (unpaired) electrons. The number of rotatable bonds is 4. The minimum absolute atomic E-state index is 0.211. The fourth-order valence-corrected chi connectivity index (χ4v) is 2.20. The second-order valence-electron chi connectivity index (χ2n) is 4.40. The first-order valence-electron chi connectivity index (χ1n) is 6.49. The van der Waals surface area contributed by atoms with Crippen molar-refractivity contribution in [3.63, 3.8) is 0 Å². The highest BCUT2D eigenvalue weighted by molar-refractivity contribution is 9.10. The summed E-state index contributed by atoms with van der Waals surface area (Å²) in [4.78, 5) is 0. The summed E-state index contributed by atoms with van der Waals surface area (Å²) in [6.45, 7) is 1.10. The van der Waals surface area contributed by atoms with E-state index in [0.29, 0.717) is 18.8 Å². The predicted octanol–water partition coefficient (Wildman–Crippen LogP) is 3.62. The van der Waals surface area contributed by atoms with Crippen molar-refractivity contribution < 1.29 is 9.13 Å². The molecule has 0 saturated heterocycles. The first-order chi connectivity index (χ1) is 10.2. The molecule has 0 aliphatic heterocycles. The van der Waals surface area contributed by atoms with E-state index >= 15 is 0 Å². The maximum Gasteiger partial charge on any atom is 0.138 e. The molecular weight excluding hydrogens is 333 g/mol. The molecule has 2 N–H and O–H groups in total. The van der Waals surface area contributed by atoms with Crippen LogP contribution in [0.4, 0.5) is 4.39 Å². The molecule has 0 atom stereocenters. The van der Waals surface area contributed by atoms with E-state index in [4.69, 9.17) is 10.5 Å². The van der Waals surface area contributed by atoms with Crippen molar-refractivity contribution in [1.29, 1.82) is 0 Å². The summed E-state index contributed by atoms with van der Waals surface area (Å²) in [7, 11) is 0. The molecule has 108 valence electrons. The van der Waals surface area contributed by atoms with Crippen LogP contribution in [0.15, 0.2) is 46.9 Å². The Balaban J connectivity index is 1.99. The Morgan fingerprint density at radius 3 is 2.71 bits per heavy atom. The van der Waals surface area contributed by atoms with Crippen molar-refractivity contribution in [3.05, 3.63) is 69.4 Å². The van der Waals surface area contributed by atoms with E-state index in [9.17, 15) is 4.39 Å². The van der Waals surface area contributed by atoms with Crippen LogP contribution in [0.25, 0.3) is 0 Å². The van der Waals surface area contributed by atoms with Crippen molar-refractivity contribution in [3.8, 4) is 11.8 Å². The predicted molar refractivity (Wildman–Crippen MR) is 85.0 cm³/mol. The zero-order valence-electron chi connectivity index (χ0n) is 11.4. The summed E-state index contributed by atoms with van der Waals surface area (Å²) in [5, 5.41) is 0. The fourth-order valence-electron chi connectivity index (χ4n) is 1.80. The molecule has 4 heteroatoms. The van der Waals surface area contributed by atoms with Crippen LogP contribution in [0.2, 0.25) is 0 Å². The third-order valence-electron chi connectivity index (χ3n) is 2.84. The number of ether oxygens (including phenoxy) is 1. The van der Waals surface area contributed by atoms with Gasteiger partial charge in [-0.25, -0.2) is 4.39 Å². The normalized spacial score (nSPS) is 10.0. The first kappa shape index (κ1) is 15.7. The highest BCUT2D eigenvalue weighted by Gasteiger charge is 2.03. The van der Waals surface area contributed by atoms with Crippen LogP contribution < -0.4 is 5.73 Å². The van der Waals surface area contributed by atoms with E-state index in [-0.39, 0.29) is 12.4 Å². The third kappa shape index (κ3) is 4.68. The first-order valence-corrected chi connectivity index (χ1v) is 7.28. The molecule has 21 heavy (non-hydrogen) atoms. The number of benzene rings is 2.